The van der Waals surface area contributed by atoms with E-state index in [-0.39, 0.29) is 5.41 Å². The Morgan fingerprint density at radius 1 is 0.972 bits per heavy atom. The minimum Gasteiger partial charge on any atom is -0.455 e. The molecule has 0 bridgehead atoms. The molecule has 1 fully saturated rings. The van der Waals surface area contributed by atoms with Gasteiger partial charge in [0.2, 0.25) is 0 Å². The predicted molar refractivity (Wildman–Crippen MR) is 153 cm³/mol. The molecule has 0 radical (unpaired) electrons. The number of aryl methyl sites for hydroxylation is 2. The average Bonchev–Trinajstić information content (AvgIpc) is 3.28. The summed E-state index contributed by atoms with van der Waals surface area (Å²) in [4.78, 5) is 4.65. The average molecular weight is 480 g/mol. The quantitative estimate of drug-likeness (QED) is 0.257. The first kappa shape index (κ1) is 19.0. The van der Waals surface area contributed by atoms with Crippen LogP contribution < -0.4 is 0 Å². The van der Waals surface area contributed by atoms with Gasteiger partial charge in [-0.3, -0.25) is 4.98 Å². The molecular weight excluding hydrogens is 438 g/mol. The number of benzene rings is 3. The normalized spacial score (nSPS) is 18.2. The summed E-state index contributed by atoms with van der Waals surface area (Å²) in [6, 6.07) is 16.7. The van der Waals surface area contributed by atoms with E-state index in [0.717, 1.165) is 80.6 Å². The molecule has 2 heteroatoms. The number of aromatic nitrogens is 1. The van der Waals surface area contributed by atoms with Crippen LogP contribution >= 0.6 is 0 Å². The maximum Gasteiger partial charge on any atom is 0.144 e. The third-order valence-electron chi connectivity index (χ3n) is 7.63. The molecule has 6 rings (SSSR count). The summed E-state index contributed by atoms with van der Waals surface area (Å²) in [5.41, 5.74) is 6.41. The monoisotopic (exact) mass is 479 g/mol. The van der Waals surface area contributed by atoms with Crippen molar-refractivity contribution in [1.82, 2.24) is 4.98 Å². The van der Waals surface area contributed by atoms with Crippen molar-refractivity contribution in [3.63, 3.8) is 0 Å². The Morgan fingerprint density at radius 3 is 2.58 bits per heavy atom. The Labute approximate surface area is 220 Å². The van der Waals surface area contributed by atoms with Crippen LogP contribution in [0.15, 0.2) is 59.1 Å². The van der Waals surface area contributed by atoms with Gasteiger partial charge in [0.25, 0.3) is 0 Å². The molecule has 2 aromatic heterocycles. The van der Waals surface area contributed by atoms with Crippen molar-refractivity contribution in [3.8, 4) is 11.3 Å². The van der Waals surface area contributed by atoms with Gasteiger partial charge in [-0.1, -0.05) is 70.4 Å². The van der Waals surface area contributed by atoms with Gasteiger partial charge < -0.3 is 4.42 Å². The lowest BCUT2D eigenvalue weighted by atomic mass is 9.83. The van der Waals surface area contributed by atoms with Crippen molar-refractivity contribution >= 4 is 32.7 Å². The Kier molecular flexibility index (Phi) is 4.64. The van der Waals surface area contributed by atoms with Crippen LogP contribution in [0.2, 0.25) is 0 Å². The highest BCUT2D eigenvalue weighted by Gasteiger charge is 2.21. The molecule has 3 aromatic carbocycles. The van der Waals surface area contributed by atoms with Crippen LogP contribution in [0.1, 0.15) is 86.5 Å². The van der Waals surface area contributed by atoms with E-state index in [1.165, 1.54) is 12.6 Å². The van der Waals surface area contributed by atoms with Crippen molar-refractivity contribution in [2.75, 3.05) is 0 Å². The van der Waals surface area contributed by atoms with E-state index in [9.17, 15) is 1.37 Å². The largest absolute Gasteiger partial charge is 0.455 e. The van der Waals surface area contributed by atoms with E-state index in [1.807, 2.05) is 18.2 Å². The highest BCUT2D eigenvalue weighted by atomic mass is 16.3. The first-order valence-corrected chi connectivity index (χ1v) is 13.2. The summed E-state index contributed by atoms with van der Waals surface area (Å²) in [5, 5.41) is 4.26. The molecule has 0 atom stereocenters. The van der Waals surface area contributed by atoms with Gasteiger partial charge in [-0.15, -0.1) is 0 Å². The highest BCUT2D eigenvalue weighted by Crippen LogP contribution is 2.42. The van der Waals surface area contributed by atoms with Crippen molar-refractivity contribution in [2.24, 2.45) is 5.41 Å². The molecule has 0 aliphatic heterocycles. The van der Waals surface area contributed by atoms with Gasteiger partial charge in [0.15, 0.2) is 0 Å². The number of para-hydroxylation sites is 1. The zero-order valence-electron chi connectivity index (χ0n) is 25.8. The number of rotatable bonds is 3. The molecule has 2 heterocycles. The van der Waals surface area contributed by atoms with Crippen LogP contribution in [0.5, 0.6) is 0 Å². The molecule has 2 nitrogen and oxygen atoms in total. The lowest BCUT2D eigenvalue weighted by molar-refractivity contribution is 0.410. The molecule has 1 aliphatic carbocycles. The number of pyridine rings is 1. The minimum atomic E-state index is -2.22. The topological polar surface area (TPSA) is 26.0 Å². The number of furan rings is 1. The summed E-state index contributed by atoms with van der Waals surface area (Å²) in [6.07, 6.45) is 7.36. The van der Waals surface area contributed by atoms with E-state index >= 15 is 0 Å². The van der Waals surface area contributed by atoms with Crippen LogP contribution in [-0.4, -0.2) is 4.98 Å². The third-order valence-corrected chi connectivity index (χ3v) is 7.63. The Morgan fingerprint density at radius 2 is 1.81 bits per heavy atom. The molecular formula is C34H37NO. The van der Waals surface area contributed by atoms with E-state index in [1.54, 1.807) is 0 Å². The fraction of sp³-hybridized carbons (Fsp3) is 0.382. The van der Waals surface area contributed by atoms with Gasteiger partial charge in [-0.25, -0.2) is 0 Å². The molecule has 0 saturated heterocycles. The van der Waals surface area contributed by atoms with E-state index in [0.29, 0.717) is 17.7 Å². The van der Waals surface area contributed by atoms with Crippen molar-refractivity contribution in [3.05, 3.63) is 77.0 Å². The van der Waals surface area contributed by atoms with Gasteiger partial charge in [-0.05, 0) is 90.2 Å². The molecule has 0 amide bonds. The third kappa shape index (κ3) is 4.11. The fourth-order valence-electron chi connectivity index (χ4n) is 5.94. The van der Waals surface area contributed by atoms with E-state index in [4.69, 9.17) is 8.53 Å². The summed E-state index contributed by atoms with van der Waals surface area (Å²) in [7, 11) is 0. The molecule has 184 valence electrons. The Bertz CT molecular complexity index is 1750. The van der Waals surface area contributed by atoms with Gasteiger partial charge in [0.05, 0.1) is 5.69 Å². The summed E-state index contributed by atoms with van der Waals surface area (Å²) in [5.74, 6) is -0.543. The van der Waals surface area contributed by atoms with Gasteiger partial charge in [0.1, 0.15) is 11.2 Å². The summed E-state index contributed by atoms with van der Waals surface area (Å²) < 4.78 is 40.1. The van der Waals surface area contributed by atoms with Crippen LogP contribution in [0.25, 0.3) is 44.0 Å². The minimum absolute atomic E-state index is 0.0781. The van der Waals surface area contributed by atoms with Gasteiger partial charge >= 0.3 is 0 Å². The Hall–Kier alpha value is -3.13. The second-order valence-electron chi connectivity index (χ2n) is 11.7. The standard InChI is InChI=1S/C34H37NO/c1-21-16-25-15-14-24(23-10-7-6-8-11-23)17-29(25)33-31(21)28-13-9-12-27(32(28)36-33)30-18-26(19-34(3,4)5)22(2)20-35-30/h9,12-18,20,23H,6-8,10-11,19H2,1-5H3/i2D3,23D. The summed E-state index contributed by atoms with van der Waals surface area (Å²) in [6.45, 7) is 6.25. The maximum absolute atomic E-state index is 9.21. The molecule has 0 unspecified atom stereocenters. The number of nitrogens with zero attached hydrogens (tertiary/aromatic N) is 1. The molecule has 5 aromatic rings. The van der Waals surface area contributed by atoms with Crippen molar-refractivity contribution < 1.29 is 9.90 Å². The zero-order valence-corrected chi connectivity index (χ0v) is 21.8. The maximum atomic E-state index is 9.21. The van der Waals surface area contributed by atoms with Crippen LogP contribution in [0, 0.1) is 19.2 Å². The molecule has 36 heavy (non-hydrogen) atoms. The predicted octanol–water partition coefficient (Wildman–Crippen LogP) is 10.1. The van der Waals surface area contributed by atoms with Crippen LogP contribution in [-0.2, 0) is 6.42 Å². The number of fused-ring (bicyclic) bond motifs is 5. The van der Waals surface area contributed by atoms with Crippen molar-refractivity contribution in [1.29, 1.82) is 0 Å². The van der Waals surface area contributed by atoms with Gasteiger partial charge in [0, 0.05) is 33.4 Å². The van der Waals surface area contributed by atoms with Crippen LogP contribution in [0.3, 0.4) is 0 Å². The highest BCUT2D eigenvalue weighted by molar-refractivity contribution is 6.18. The summed E-state index contributed by atoms with van der Waals surface area (Å²) >= 11 is 0. The van der Waals surface area contributed by atoms with Crippen molar-refractivity contribution in [2.45, 2.75) is 79.0 Å². The second-order valence-corrected chi connectivity index (χ2v) is 11.7. The second kappa shape index (κ2) is 8.76. The molecule has 0 spiro atoms. The molecule has 1 aliphatic rings. The Balaban J connectivity index is 1.57. The fourth-order valence-corrected chi connectivity index (χ4v) is 5.94. The van der Waals surface area contributed by atoms with Crippen LogP contribution in [0.4, 0.5) is 0 Å². The SMILES string of the molecule is [2H]C([2H])([2H])c1cnc(-c2cccc3c2oc2c4cc(C5([2H])CCCCC5)ccc4cc(C)c32)cc1CC(C)(C)C. The zero-order chi connectivity index (χ0) is 28.4. The molecule has 1 saturated carbocycles. The number of hydrogen-bond donors (Lipinski definition) is 0. The lowest BCUT2D eigenvalue weighted by Gasteiger charge is -2.22. The smallest absolute Gasteiger partial charge is 0.144 e. The van der Waals surface area contributed by atoms with E-state index < -0.39 is 12.7 Å². The molecule has 0 N–H and O–H groups in total. The number of hydrogen-bond acceptors (Lipinski definition) is 2. The van der Waals surface area contributed by atoms with E-state index in [2.05, 4.69) is 63.0 Å². The first-order valence-electron chi connectivity index (χ1n) is 15.2. The van der Waals surface area contributed by atoms with Gasteiger partial charge in [-0.2, -0.15) is 0 Å². The first-order chi connectivity index (χ1) is 18.8. The lowest BCUT2D eigenvalue weighted by Crippen LogP contribution is -2.10.